The lowest BCUT2D eigenvalue weighted by atomic mass is 10.1. The predicted molar refractivity (Wildman–Crippen MR) is 166 cm³/mol. The van der Waals surface area contributed by atoms with Gasteiger partial charge in [0.1, 0.15) is 12.6 Å². The van der Waals surface area contributed by atoms with E-state index in [0.717, 1.165) is 9.87 Å². The third kappa shape index (κ3) is 8.38. The molecule has 1 unspecified atom stereocenters. The fraction of sp³-hybridized carbons (Fsp3) is 0.333. The Labute approximate surface area is 257 Å². The van der Waals surface area contributed by atoms with Crippen LogP contribution in [0.1, 0.15) is 37.5 Å². The van der Waals surface area contributed by atoms with Gasteiger partial charge in [0.15, 0.2) is 0 Å². The van der Waals surface area contributed by atoms with Gasteiger partial charge in [-0.1, -0.05) is 78.5 Å². The zero-order valence-corrected chi connectivity index (χ0v) is 26.7. The number of rotatable bonds is 11. The number of benzene rings is 3. The molecule has 0 heterocycles. The van der Waals surface area contributed by atoms with Gasteiger partial charge in [0.2, 0.25) is 11.8 Å². The number of hydrogen-bond acceptors (Lipinski definition) is 4. The van der Waals surface area contributed by atoms with Crippen molar-refractivity contribution in [3.63, 3.8) is 0 Å². The molecule has 7 nitrogen and oxygen atoms in total. The van der Waals surface area contributed by atoms with Gasteiger partial charge in [-0.25, -0.2) is 8.42 Å². The van der Waals surface area contributed by atoms with Crippen LogP contribution in [-0.4, -0.2) is 44.3 Å². The second kappa shape index (κ2) is 13.9. The average molecular weight is 639 g/mol. The van der Waals surface area contributed by atoms with Crippen LogP contribution in [0.25, 0.3) is 0 Å². The summed E-state index contributed by atoms with van der Waals surface area (Å²) < 4.78 is 29.0. The Morgan fingerprint density at radius 3 is 2.10 bits per heavy atom. The average Bonchev–Trinajstić information content (AvgIpc) is 2.91. The predicted octanol–water partition coefficient (Wildman–Crippen LogP) is 6.65. The molecular formula is C30H34Cl3N3O4S. The summed E-state index contributed by atoms with van der Waals surface area (Å²) in [6.07, 6.45) is 0. The molecule has 11 heteroatoms. The molecular weight excluding hydrogens is 605 g/mol. The second-order valence-electron chi connectivity index (χ2n) is 10.3. The summed E-state index contributed by atoms with van der Waals surface area (Å²) >= 11 is 18.8. The summed E-state index contributed by atoms with van der Waals surface area (Å²) in [5.74, 6) is -0.774. The molecule has 0 aliphatic carbocycles. The number of nitrogens with zero attached hydrogens (tertiary/aromatic N) is 2. The van der Waals surface area contributed by atoms with Gasteiger partial charge in [0.25, 0.3) is 10.0 Å². The molecule has 0 aromatic heterocycles. The molecule has 0 saturated heterocycles. The van der Waals surface area contributed by atoms with Crippen LogP contribution in [0.3, 0.4) is 0 Å². The molecule has 0 fully saturated rings. The Kier molecular flexibility index (Phi) is 11.1. The Balaban J connectivity index is 2.08. The molecule has 220 valence electrons. The standard InChI is InChI=1S/C30H34Cl3N3O4S/c1-19(2)16-34-30(38)22(5)35(17-23-9-11-24(31)14-27(23)33)29(37)18-36(28-15-25(32)10-8-21(28)4)41(39,40)26-12-6-20(3)7-13-26/h6-15,19,22H,16-18H2,1-5H3,(H,34,38). The highest BCUT2D eigenvalue weighted by molar-refractivity contribution is 7.92. The zero-order valence-electron chi connectivity index (χ0n) is 23.6. The smallest absolute Gasteiger partial charge is 0.264 e. The lowest BCUT2D eigenvalue weighted by Gasteiger charge is -2.32. The fourth-order valence-corrected chi connectivity index (χ4v) is 6.18. The van der Waals surface area contributed by atoms with E-state index in [9.17, 15) is 18.0 Å². The number of hydrogen-bond donors (Lipinski definition) is 1. The highest BCUT2D eigenvalue weighted by Gasteiger charge is 2.33. The third-order valence-corrected chi connectivity index (χ3v) is 9.13. The van der Waals surface area contributed by atoms with Crippen LogP contribution >= 0.6 is 34.8 Å². The number of anilines is 1. The van der Waals surface area contributed by atoms with Gasteiger partial charge < -0.3 is 10.2 Å². The summed E-state index contributed by atoms with van der Waals surface area (Å²) in [5, 5.41) is 3.91. The molecule has 3 aromatic carbocycles. The molecule has 41 heavy (non-hydrogen) atoms. The van der Waals surface area contributed by atoms with Crippen molar-refractivity contribution < 1.29 is 18.0 Å². The SMILES string of the molecule is Cc1ccc(S(=O)(=O)N(CC(=O)N(Cc2ccc(Cl)cc2Cl)C(C)C(=O)NCC(C)C)c2cc(Cl)ccc2C)cc1. The van der Waals surface area contributed by atoms with Gasteiger partial charge in [-0.15, -0.1) is 0 Å². The van der Waals surface area contributed by atoms with E-state index in [2.05, 4.69) is 5.32 Å². The van der Waals surface area contributed by atoms with Crippen molar-refractivity contribution in [1.29, 1.82) is 0 Å². The summed E-state index contributed by atoms with van der Waals surface area (Å²) in [5.41, 5.74) is 2.30. The van der Waals surface area contributed by atoms with E-state index >= 15 is 0 Å². The molecule has 2 amide bonds. The topological polar surface area (TPSA) is 86.8 Å². The van der Waals surface area contributed by atoms with Crippen molar-refractivity contribution in [1.82, 2.24) is 10.2 Å². The largest absolute Gasteiger partial charge is 0.354 e. The van der Waals surface area contributed by atoms with Crippen LogP contribution in [0.5, 0.6) is 0 Å². The van der Waals surface area contributed by atoms with Crippen molar-refractivity contribution >= 4 is 62.3 Å². The highest BCUT2D eigenvalue weighted by Crippen LogP contribution is 2.30. The van der Waals surface area contributed by atoms with Gasteiger partial charge in [-0.3, -0.25) is 13.9 Å². The quantitative estimate of drug-likeness (QED) is 0.255. The number of carbonyl (C=O) groups excluding carboxylic acids is 2. The van der Waals surface area contributed by atoms with Crippen molar-refractivity contribution in [3.8, 4) is 0 Å². The molecule has 0 spiro atoms. The molecule has 0 saturated carbocycles. The molecule has 0 radical (unpaired) electrons. The maximum Gasteiger partial charge on any atom is 0.264 e. The summed E-state index contributed by atoms with van der Waals surface area (Å²) in [6, 6.07) is 15.1. The first kappa shape index (κ1) is 32.7. The summed E-state index contributed by atoms with van der Waals surface area (Å²) in [6.45, 7) is 8.90. The van der Waals surface area contributed by atoms with Crippen LogP contribution < -0.4 is 9.62 Å². The van der Waals surface area contributed by atoms with E-state index in [1.165, 1.54) is 23.1 Å². The maximum absolute atomic E-state index is 14.1. The Bertz CT molecular complexity index is 1510. The number of amides is 2. The minimum absolute atomic E-state index is 0.0188. The van der Waals surface area contributed by atoms with Crippen molar-refractivity contribution in [2.45, 2.75) is 52.1 Å². The van der Waals surface area contributed by atoms with Gasteiger partial charge >= 0.3 is 0 Å². The minimum Gasteiger partial charge on any atom is -0.354 e. The Hall–Kier alpha value is -2.78. The van der Waals surface area contributed by atoms with Crippen molar-refractivity contribution in [2.24, 2.45) is 5.92 Å². The minimum atomic E-state index is -4.21. The fourth-order valence-electron chi connectivity index (χ4n) is 4.07. The Morgan fingerprint density at radius 1 is 0.878 bits per heavy atom. The molecule has 1 atom stereocenters. The van der Waals surface area contributed by atoms with E-state index in [0.29, 0.717) is 32.7 Å². The van der Waals surface area contributed by atoms with E-state index in [4.69, 9.17) is 34.8 Å². The van der Waals surface area contributed by atoms with Gasteiger partial charge in [-0.05, 0) is 74.2 Å². The van der Waals surface area contributed by atoms with Crippen LogP contribution in [-0.2, 0) is 26.2 Å². The van der Waals surface area contributed by atoms with Crippen molar-refractivity contribution in [3.05, 3.63) is 92.4 Å². The normalized spacial score (nSPS) is 12.2. The summed E-state index contributed by atoms with van der Waals surface area (Å²) in [4.78, 5) is 28.5. The Morgan fingerprint density at radius 2 is 1.49 bits per heavy atom. The number of halogens is 3. The molecule has 3 rings (SSSR count). The first-order chi connectivity index (χ1) is 19.2. The maximum atomic E-state index is 14.1. The van der Waals surface area contributed by atoms with E-state index < -0.39 is 28.5 Å². The summed E-state index contributed by atoms with van der Waals surface area (Å²) in [7, 11) is -4.21. The molecule has 0 aliphatic rings. The van der Waals surface area contributed by atoms with E-state index in [1.54, 1.807) is 56.3 Å². The van der Waals surface area contributed by atoms with Gasteiger partial charge in [-0.2, -0.15) is 0 Å². The number of carbonyl (C=O) groups is 2. The lowest BCUT2D eigenvalue weighted by molar-refractivity contribution is -0.139. The van der Waals surface area contributed by atoms with Crippen molar-refractivity contribution in [2.75, 3.05) is 17.4 Å². The molecule has 0 bridgehead atoms. The zero-order chi connectivity index (χ0) is 30.5. The van der Waals surface area contributed by atoms with Gasteiger partial charge in [0, 0.05) is 28.2 Å². The number of aryl methyl sites for hydroxylation is 2. The van der Waals surface area contributed by atoms with Crippen LogP contribution in [0.4, 0.5) is 5.69 Å². The monoisotopic (exact) mass is 637 g/mol. The second-order valence-corrected chi connectivity index (χ2v) is 13.5. The highest BCUT2D eigenvalue weighted by atomic mass is 35.5. The van der Waals surface area contributed by atoms with Crippen LogP contribution in [0, 0.1) is 19.8 Å². The number of sulfonamides is 1. The molecule has 0 aliphatic heterocycles. The van der Waals surface area contributed by atoms with Crippen LogP contribution in [0.2, 0.25) is 15.1 Å². The first-order valence-electron chi connectivity index (χ1n) is 13.1. The lowest BCUT2D eigenvalue weighted by Crippen LogP contribution is -2.51. The molecule has 1 N–H and O–H groups in total. The molecule has 3 aromatic rings. The third-order valence-electron chi connectivity index (χ3n) is 6.54. The first-order valence-corrected chi connectivity index (χ1v) is 15.6. The van der Waals surface area contributed by atoms with E-state index in [-0.39, 0.29) is 29.0 Å². The van der Waals surface area contributed by atoms with Gasteiger partial charge in [0.05, 0.1) is 10.6 Å². The number of nitrogens with one attached hydrogen (secondary N) is 1. The van der Waals surface area contributed by atoms with Crippen LogP contribution in [0.15, 0.2) is 65.6 Å². The van der Waals surface area contributed by atoms with E-state index in [1.807, 2.05) is 20.8 Å².